The Hall–Kier alpha value is -3.39. The van der Waals surface area contributed by atoms with Crippen LogP contribution in [0, 0.1) is 6.92 Å². The quantitative estimate of drug-likeness (QED) is 0.421. The number of fused-ring (bicyclic) bond motifs is 2. The Labute approximate surface area is 195 Å². The van der Waals surface area contributed by atoms with E-state index >= 15 is 0 Å². The van der Waals surface area contributed by atoms with Crippen LogP contribution in [0.15, 0.2) is 40.9 Å². The predicted molar refractivity (Wildman–Crippen MR) is 128 cm³/mol. The van der Waals surface area contributed by atoms with Crippen molar-refractivity contribution in [3.63, 3.8) is 0 Å². The van der Waals surface area contributed by atoms with Crippen LogP contribution in [0.1, 0.15) is 52.0 Å². The van der Waals surface area contributed by atoms with Crippen LogP contribution >= 0.6 is 11.3 Å². The number of hydrogen-bond acceptors (Lipinski definition) is 6. The van der Waals surface area contributed by atoms with Crippen LogP contribution in [-0.4, -0.2) is 41.3 Å². The molecule has 5 rings (SSSR count). The number of rotatable bonds is 5. The maximum Gasteiger partial charge on any atom is 0.264 e. The summed E-state index contributed by atoms with van der Waals surface area (Å²) in [7, 11) is 1.60. The molecule has 0 radical (unpaired) electrons. The van der Waals surface area contributed by atoms with E-state index in [1.165, 1.54) is 11.3 Å². The lowest BCUT2D eigenvalue weighted by Crippen LogP contribution is -2.34. The lowest BCUT2D eigenvalue weighted by atomic mass is 10.1. The molecule has 8 heteroatoms. The molecule has 7 nitrogen and oxygen atoms in total. The van der Waals surface area contributed by atoms with Gasteiger partial charge < -0.3 is 19.4 Å². The average Bonchev–Trinajstić information content (AvgIpc) is 3.54. The third-order valence-corrected chi connectivity index (χ3v) is 7.34. The Balaban J connectivity index is 1.46. The monoisotopic (exact) mass is 463 g/mol. The van der Waals surface area contributed by atoms with Gasteiger partial charge in [-0.15, -0.1) is 11.3 Å². The highest BCUT2D eigenvalue weighted by Gasteiger charge is 2.29. The highest BCUT2D eigenvalue weighted by Crippen LogP contribution is 2.37. The number of likely N-dealkylation sites (tertiary alicyclic amines) is 1. The molecule has 4 heterocycles. The highest BCUT2D eigenvalue weighted by molar-refractivity contribution is 7.21. The number of amides is 2. The van der Waals surface area contributed by atoms with Gasteiger partial charge in [-0.2, -0.15) is 0 Å². The Morgan fingerprint density at radius 1 is 1.30 bits per heavy atom. The average molecular weight is 464 g/mol. The van der Waals surface area contributed by atoms with Crippen LogP contribution in [0.25, 0.3) is 21.2 Å². The lowest BCUT2D eigenvalue weighted by molar-refractivity contribution is 0.0738. The summed E-state index contributed by atoms with van der Waals surface area (Å²) in [5.74, 6) is 1.66. The van der Waals surface area contributed by atoms with E-state index in [0.29, 0.717) is 39.3 Å². The summed E-state index contributed by atoms with van der Waals surface area (Å²) in [4.78, 5) is 32.4. The van der Waals surface area contributed by atoms with E-state index in [1.807, 2.05) is 23.1 Å². The van der Waals surface area contributed by atoms with Crippen LogP contribution in [0.3, 0.4) is 0 Å². The minimum absolute atomic E-state index is 0.0718. The first-order valence-electron chi connectivity index (χ1n) is 11.1. The zero-order valence-electron chi connectivity index (χ0n) is 18.8. The van der Waals surface area contributed by atoms with E-state index in [2.05, 4.69) is 17.2 Å². The molecule has 3 aromatic heterocycles. The number of thiophene rings is 1. The van der Waals surface area contributed by atoms with E-state index in [1.54, 1.807) is 32.3 Å². The predicted octanol–water partition coefficient (Wildman–Crippen LogP) is 5.52. The fourth-order valence-corrected chi connectivity index (χ4v) is 5.59. The molecule has 1 saturated heterocycles. The number of carbonyl (C=O) groups is 2. The number of ether oxygens (including phenoxy) is 1. The van der Waals surface area contributed by atoms with Crippen molar-refractivity contribution in [1.82, 2.24) is 15.2 Å². The molecule has 2 amide bonds. The Morgan fingerprint density at radius 3 is 2.94 bits per heavy atom. The zero-order valence-corrected chi connectivity index (χ0v) is 19.6. The number of pyridine rings is 1. The number of benzene rings is 1. The second-order valence-corrected chi connectivity index (χ2v) is 9.26. The third kappa shape index (κ3) is 3.74. The van der Waals surface area contributed by atoms with Gasteiger partial charge in [0.1, 0.15) is 22.8 Å². The highest BCUT2D eigenvalue weighted by atomic mass is 32.1. The molecule has 1 fully saturated rings. The standard InChI is InChI=1S/C25H25N3O4S/c1-4-15-6-5-11-28(15)25(30)21-13-18-23(33-21)19(9-10-27-18)32-16-7-8-17-20(12-16)31-14(2)22(17)24(29)26-3/h7-10,12-13,15H,4-6,11H2,1-3H3,(H,26,29)/t15-/m1/s1. The van der Waals surface area contributed by atoms with Crippen LogP contribution in [0.5, 0.6) is 11.5 Å². The number of nitrogens with one attached hydrogen (secondary N) is 1. The topological polar surface area (TPSA) is 84.7 Å². The summed E-state index contributed by atoms with van der Waals surface area (Å²) in [5, 5.41) is 3.38. The zero-order chi connectivity index (χ0) is 23.1. The summed E-state index contributed by atoms with van der Waals surface area (Å²) in [6, 6.07) is 9.38. The fourth-order valence-electron chi connectivity index (χ4n) is 4.57. The summed E-state index contributed by atoms with van der Waals surface area (Å²) in [6.45, 7) is 4.71. The first-order chi connectivity index (χ1) is 16.0. The molecule has 4 aromatic rings. The molecule has 1 aliphatic rings. The van der Waals surface area contributed by atoms with E-state index in [9.17, 15) is 9.59 Å². The Morgan fingerprint density at radius 2 is 2.15 bits per heavy atom. The van der Waals surface area contributed by atoms with Gasteiger partial charge in [0.15, 0.2) is 0 Å². The minimum atomic E-state index is -0.185. The van der Waals surface area contributed by atoms with Crippen molar-refractivity contribution >= 4 is 44.3 Å². The van der Waals surface area contributed by atoms with Gasteiger partial charge in [-0.3, -0.25) is 14.6 Å². The minimum Gasteiger partial charge on any atom is -0.460 e. The van der Waals surface area contributed by atoms with Crippen LogP contribution < -0.4 is 10.1 Å². The van der Waals surface area contributed by atoms with E-state index in [-0.39, 0.29) is 11.8 Å². The SMILES string of the molecule is CC[C@@H]1CCCN1C(=O)c1cc2nccc(Oc3ccc4c(C(=O)NC)c(C)oc4c3)c2s1. The van der Waals surface area contributed by atoms with Crippen molar-refractivity contribution in [3.05, 3.63) is 52.7 Å². The van der Waals surface area contributed by atoms with E-state index in [0.717, 1.165) is 41.4 Å². The van der Waals surface area contributed by atoms with Gasteiger partial charge >= 0.3 is 0 Å². The molecule has 0 spiro atoms. The fraction of sp³-hybridized carbons (Fsp3) is 0.320. The van der Waals surface area contributed by atoms with Gasteiger partial charge in [0.2, 0.25) is 0 Å². The first kappa shape index (κ1) is 21.5. The summed E-state index contributed by atoms with van der Waals surface area (Å²) >= 11 is 1.41. The molecule has 170 valence electrons. The smallest absolute Gasteiger partial charge is 0.264 e. The van der Waals surface area contributed by atoms with Crippen molar-refractivity contribution in [3.8, 4) is 11.5 Å². The lowest BCUT2D eigenvalue weighted by Gasteiger charge is -2.22. The van der Waals surface area contributed by atoms with Gasteiger partial charge in [0.25, 0.3) is 11.8 Å². The second kappa shape index (κ2) is 8.51. The van der Waals surface area contributed by atoms with Gasteiger partial charge in [0, 0.05) is 43.4 Å². The maximum atomic E-state index is 13.1. The largest absolute Gasteiger partial charge is 0.460 e. The summed E-state index contributed by atoms with van der Waals surface area (Å²) in [5.41, 5.74) is 1.85. The van der Waals surface area contributed by atoms with Crippen LogP contribution in [0.4, 0.5) is 0 Å². The normalized spacial score (nSPS) is 16.0. The van der Waals surface area contributed by atoms with Crippen LogP contribution in [-0.2, 0) is 0 Å². The molecule has 0 bridgehead atoms. The molecule has 1 N–H and O–H groups in total. The van der Waals surface area contributed by atoms with Crippen LogP contribution in [0.2, 0.25) is 0 Å². The molecule has 0 saturated carbocycles. The van der Waals surface area contributed by atoms with Gasteiger partial charge in [-0.05, 0) is 44.4 Å². The molecule has 0 aliphatic carbocycles. The first-order valence-corrected chi connectivity index (χ1v) is 11.9. The third-order valence-electron chi connectivity index (χ3n) is 6.22. The number of carbonyl (C=O) groups excluding carboxylic acids is 2. The second-order valence-electron chi connectivity index (χ2n) is 8.21. The molecular weight excluding hydrogens is 438 g/mol. The number of nitrogens with zero attached hydrogens (tertiary/aromatic N) is 2. The Kier molecular flexibility index (Phi) is 5.54. The molecular formula is C25H25N3O4S. The molecule has 1 aromatic carbocycles. The number of hydrogen-bond donors (Lipinski definition) is 1. The van der Waals surface area contributed by atoms with E-state index in [4.69, 9.17) is 9.15 Å². The van der Waals surface area contributed by atoms with Gasteiger partial charge in [-0.25, -0.2) is 0 Å². The molecule has 1 aliphatic heterocycles. The molecule has 1 atom stereocenters. The van der Waals surface area contributed by atoms with Crippen molar-refractivity contribution in [2.75, 3.05) is 13.6 Å². The molecule has 33 heavy (non-hydrogen) atoms. The van der Waals surface area contributed by atoms with Crippen molar-refractivity contribution in [2.24, 2.45) is 0 Å². The van der Waals surface area contributed by atoms with Crippen molar-refractivity contribution < 1.29 is 18.7 Å². The van der Waals surface area contributed by atoms with Crippen molar-refractivity contribution in [2.45, 2.75) is 39.2 Å². The molecule has 0 unspecified atom stereocenters. The Bertz CT molecular complexity index is 1370. The van der Waals surface area contributed by atoms with E-state index < -0.39 is 0 Å². The van der Waals surface area contributed by atoms with Gasteiger partial charge in [0.05, 0.1) is 20.7 Å². The maximum absolute atomic E-state index is 13.1. The summed E-state index contributed by atoms with van der Waals surface area (Å²) in [6.07, 6.45) is 4.77. The number of aryl methyl sites for hydroxylation is 1. The number of furan rings is 1. The summed E-state index contributed by atoms with van der Waals surface area (Å²) < 4.78 is 12.8. The van der Waals surface area contributed by atoms with Crippen molar-refractivity contribution in [1.29, 1.82) is 0 Å². The number of aromatic nitrogens is 1. The van der Waals surface area contributed by atoms with Gasteiger partial charge in [-0.1, -0.05) is 6.92 Å².